The Balaban J connectivity index is 2.71. The first-order chi connectivity index (χ1) is 13.8. The Morgan fingerprint density at radius 3 is 2.07 bits per heavy atom. The first-order valence-electron chi connectivity index (χ1n) is 9.75. The first-order valence-corrected chi connectivity index (χ1v) is 12.6. The van der Waals surface area contributed by atoms with E-state index in [9.17, 15) is 4.57 Å². The van der Waals surface area contributed by atoms with Crippen molar-refractivity contribution in [2.75, 3.05) is 27.0 Å². The van der Waals surface area contributed by atoms with Gasteiger partial charge < -0.3 is 18.1 Å². The van der Waals surface area contributed by atoms with Gasteiger partial charge in [0.2, 0.25) is 0 Å². The molecule has 0 saturated heterocycles. The van der Waals surface area contributed by atoms with Gasteiger partial charge in [0.25, 0.3) is 8.53 Å². The van der Waals surface area contributed by atoms with E-state index < -0.39 is 16.1 Å². The van der Waals surface area contributed by atoms with Gasteiger partial charge in [-0.15, -0.1) is 0 Å². The Morgan fingerprint density at radius 1 is 1.03 bits per heavy atom. The van der Waals surface area contributed by atoms with Gasteiger partial charge in [0.05, 0.1) is 31.9 Å². The van der Waals surface area contributed by atoms with Crippen LogP contribution in [-0.4, -0.2) is 43.7 Å². The van der Waals surface area contributed by atoms with Crippen molar-refractivity contribution in [1.29, 1.82) is 5.26 Å². The minimum absolute atomic E-state index is 0.267. The molecule has 9 heteroatoms. The monoisotopic (exact) mass is 444 g/mol. The third kappa shape index (κ3) is 9.24. The summed E-state index contributed by atoms with van der Waals surface area (Å²) >= 11 is 0. The number of rotatable bonds is 14. The van der Waals surface area contributed by atoms with Crippen molar-refractivity contribution < 1.29 is 22.7 Å². The van der Waals surface area contributed by atoms with E-state index in [0.717, 1.165) is 11.1 Å². The van der Waals surface area contributed by atoms with Crippen LogP contribution in [-0.2, 0) is 35.7 Å². The highest BCUT2D eigenvalue weighted by Gasteiger charge is 2.27. The number of aryl methyl sites for hydroxylation is 1. The summed E-state index contributed by atoms with van der Waals surface area (Å²) in [5.74, 6) is 0. The van der Waals surface area contributed by atoms with Gasteiger partial charge in [-0.1, -0.05) is 24.3 Å². The Morgan fingerprint density at radius 2 is 1.59 bits per heavy atom. The van der Waals surface area contributed by atoms with E-state index in [4.69, 9.17) is 23.4 Å². The maximum Gasteiger partial charge on any atom is 0.330 e. The molecule has 0 amide bonds. The molecule has 0 heterocycles. The predicted octanol–water partition coefficient (Wildman–Crippen LogP) is 5.51. The maximum absolute atomic E-state index is 12.1. The van der Waals surface area contributed by atoms with Crippen LogP contribution in [0.3, 0.4) is 0 Å². The second-order valence-corrected chi connectivity index (χ2v) is 10.9. The second-order valence-electron chi connectivity index (χ2n) is 7.09. The SMILES string of the molecule is COP(=O)(CCc1ccc(COP(OCCC#N)N(C(C)C)C(C)C)cc1)OC. The molecule has 1 aromatic rings. The topological polar surface area (TPSA) is 81.0 Å². The summed E-state index contributed by atoms with van der Waals surface area (Å²) < 4.78 is 36.3. The number of benzene rings is 1. The van der Waals surface area contributed by atoms with Crippen LogP contribution in [0.1, 0.15) is 45.2 Å². The molecule has 0 aliphatic heterocycles. The summed E-state index contributed by atoms with van der Waals surface area (Å²) in [5, 5.41) is 8.79. The van der Waals surface area contributed by atoms with Crippen LogP contribution in [0.25, 0.3) is 0 Å². The van der Waals surface area contributed by atoms with Crippen molar-refractivity contribution in [2.24, 2.45) is 0 Å². The molecule has 1 rings (SSSR count). The Bertz CT molecular complexity index is 660. The molecule has 7 nitrogen and oxygen atoms in total. The lowest BCUT2D eigenvalue weighted by molar-refractivity contribution is 0.171. The minimum atomic E-state index is -2.99. The molecule has 0 fully saturated rings. The van der Waals surface area contributed by atoms with Crippen molar-refractivity contribution in [2.45, 2.75) is 59.2 Å². The van der Waals surface area contributed by atoms with Gasteiger partial charge in [-0.05, 0) is 45.2 Å². The lowest BCUT2D eigenvalue weighted by atomic mass is 10.1. The Labute approximate surface area is 176 Å². The minimum Gasteiger partial charge on any atom is -0.321 e. The van der Waals surface area contributed by atoms with Gasteiger partial charge in [0.1, 0.15) is 0 Å². The van der Waals surface area contributed by atoms with Crippen molar-refractivity contribution >= 4 is 16.1 Å². The van der Waals surface area contributed by atoms with Gasteiger partial charge in [0.15, 0.2) is 0 Å². The summed E-state index contributed by atoms with van der Waals surface area (Å²) in [6.07, 6.45) is 1.29. The van der Waals surface area contributed by atoms with Crippen LogP contribution in [0.15, 0.2) is 24.3 Å². The molecule has 1 unspecified atom stereocenters. The quantitative estimate of drug-likeness (QED) is 0.277. The summed E-state index contributed by atoms with van der Waals surface area (Å²) in [5.41, 5.74) is 2.08. The highest BCUT2D eigenvalue weighted by molar-refractivity contribution is 7.53. The van der Waals surface area contributed by atoms with Gasteiger partial charge in [-0.3, -0.25) is 4.57 Å². The summed E-state index contributed by atoms with van der Waals surface area (Å²) in [6, 6.07) is 10.6. The number of nitriles is 1. The smallest absolute Gasteiger partial charge is 0.321 e. The number of nitrogens with zero attached hydrogens (tertiary/aromatic N) is 2. The van der Waals surface area contributed by atoms with E-state index in [1.54, 1.807) is 0 Å². The standard InChI is InChI=1S/C20H34N2O5P2/c1-17(2)22(18(3)4)28(26-14-7-13-21)27-16-20-10-8-19(9-11-20)12-15-29(23,24-5)25-6/h8-11,17-18H,7,12,14-16H2,1-6H3. The van der Waals surface area contributed by atoms with Gasteiger partial charge in [0, 0.05) is 26.3 Å². The van der Waals surface area contributed by atoms with E-state index in [-0.39, 0.29) is 12.1 Å². The summed E-state index contributed by atoms with van der Waals surface area (Å²) in [4.78, 5) is 0. The van der Waals surface area contributed by atoms with Crippen LogP contribution in [0.2, 0.25) is 0 Å². The highest BCUT2D eigenvalue weighted by atomic mass is 31.2. The van der Waals surface area contributed by atoms with E-state index in [1.165, 1.54) is 14.2 Å². The Kier molecular flexibility index (Phi) is 12.2. The lowest BCUT2D eigenvalue weighted by Crippen LogP contribution is -2.33. The summed E-state index contributed by atoms with van der Waals surface area (Å²) in [6.45, 7) is 9.22. The van der Waals surface area contributed by atoms with Crippen LogP contribution in [0.5, 0.6) is 0 Å². The largest absolute Gasteiger partial charge is 0.330 e. The molecule has 0 N–H and O–H groups in total. The Hall–Kier alpha value is -0.830. The zero-order chi connectivity index (χ0) is 21.9. The van der Waals surface area contributed by atoms with E-state index in [2.05, 4.69) is 38.4 Å². The van der Waals surface area contributed by atoms with Crippen LogP contribution >= 0.6 is 16.1 Å². The molecule has 0 bridgehead atoms. The predicted molar refractivity (Wildman–Crippen MR) is 117 cm³/mol. The molecule has 0 aliphatic carbocycles. The molecule has 0 aromatic heterocycles. The van der Waals surface area contributed by atoms with Crippen LogP contribution in [0, 0.1) is 11.3 Å². The highest BCUT2D eigenvalue weighted by Crippen LogP contribution is 2.47. The number of hydrogen-bond donors (Lipinski definition) is 0. The first kappa shape index (κ1) is 26.2. The fraction of sp³-hybridized carbons (Fsp3) is 0.650. The number of hydrogen-bond acceptors (Lipinski definition) is 7. The van der Waals surface area contributed by atoms with Gasteiger partial charge >= 0.3 is 7.60 Å². The fourth-order valence-electron chi connectivity index (χ4n) is 2.77. The molecule has 0 spiro atoms. The molecular weight excluding hydrogens is 410 g/mol. The van der Waals surface area contributed by atoms with Crippen LogP contribution < -0.4 is 0 Å². The zero-order valence-electron chi connectivity index (χ0n) is 18.3. The normalized spacial score (nSPS) is 13.2. The van der Waals surface area contributed by atoms with E-state index >= 15 is 0 Å². The average molecular weight is 444 g/mol. The van der Waals surface area contributed by atoms with Gasteiger partial charge in [-0.25, -0.2) is 4.67 Å². The van der Waals surface area contributed by atoms with Crippen molar-refractivity contribution in [3.05, 3.63) is 35.4 Å². The second kappa shape index (κ2) is 13.5. The maximum atomic E-state index is 12.1. The molecule has 0 aliphatic rings. The third-order valence-electron chi connectivity index (χ3n) is 4.26. The molecule has 0 radical (unpaired) electrons. The average Bonchev–Trinajstić information content (AvgIpc) is 2.70. The van der Waals surface area contributed by atoms with Crippen LogP contribution in [0.4, 0.5) is 0 Å². The molecule has 0 saturated carbocycles. The van der Waals surface area contributed by atoms with Crippen molar-refractivity contribution in [3.8, 4) is 6.07 Å². The molecule has 1 aromatic carbocycles. The van der Waals surface area contributed by atoms with Crippen molar-refractivity contribution in [1.82, 2.24) is 4.67 Å². The van der Waals surface area contributed by atoms with E-state index in [1.807, 2.05) is 24.3 Å². The fourth-order valence-corrected chi connectivity index (χ4v) is 5.42. The van der Waals surface area contributed by atoms with Crippen molar-refractivity contribution in [3.63, 3.8) is 0 Å². The molecule has 1 atom stereocenters. The molecule has 164 valence electrons. The molecule has 29 heavy (non-hydrogen) atoms. The molecular formula is C20H34N2O5P2. The lowest BCUT2D eigenvalue weighted by Gasteiger charge is -2.35. The summed E-state index contributed by atoms with van der Waals surface area (Å²) in [7, 11) is -1.45. The third-order valence-corrected chi connectivity index (χ3v) is 8.20. The zero-order valence-corrected chi connectivity index (χ0v) is 20.1. The van der Waals surface area contributed by atoms with E-state index in [0.29, 0.717) is 32.2 Å². The van der Waals surface area contributed by atoms with Gasteiger partial charge in [-0.2, -0.15) is 5.26 Å².